The molecule has 0 unspecified atom stereocenters. The van der Waals surface area contributed by atoms with Crippen LogP contribution in [0.3, 0.4) is 0 Å². The smallest absolute Gasteiger partial charge is 0.0499 e. The van der Waals surface area contributed by atoms with Crippen LogP contribution in [-0.2, 0) is 0 Å². The van der Waals surface area contributed by atoms with Crippen molar-refractivity contribution in [3.05, 3.63) is 29.3 Å². The lowest BCUT2D eigenvalue weighted by molar-refractivity contribution is 0.0757. The van der Waals surface area contributed by atoms with Gasteiger partial charge in [-0.3, -0.25) is 4.90 Å². The van der Waals surface area contributed by atoms with E-state index in [-0.39, 0.29) is 5.41 Å². The van der Waals surface area contributed by atoms with Crippen molar-refractivity contribution in [1.29, 1.82) is 0 Å². The van der Waals surface area contributed by atoms with Gasteiger partial charge in [-0.2, -0.15) is 0 Å². The zero-order valence-corrected chi connectivity index (χ0v) is 13.4. The van der Waals surface area contributed by atoms with E-state index in [2.05, 4.69) is 21.9 Å². The summed E-state index contributed by atoms with van der Waals surface area (Å²) in [5.74, 6) is 0. The van der Waals surface area contributed by atoms with Crippen molar-refractivity contribution < 1.29 is 5.11 Å². The van der Waals surface area contributed by atoms with E-state index < -0.39 is 0 Å². The highest BCUT2D eigenvalue weighted by Gasteiger charge is 2.35. The first-order valence-corrected chi connectivity index (χ1v) is 8.42. The Balaban J connectivity index is 1.54. The van der Waals surface area contributed by atoms with Crippen molar-refractivity contribution in [3.63, 3.8) is 0 Å². The Kier molecular flexibility index (Phi) is 4.72. The van der Waals surface area contributed by atoms with Crippen molar-refractivity contribution >= 4 is 17.3 Å². The third kappa shape index (κ3) is 3.53. The Morgan fingerprint density at radius 2 is 1.62 bits per heavy atom. The number of anilines is 1. The van der Waals surface area contributed by atoms with Gasteiger partial charge in [-0.05, 0) is 37.1 Å². The first kappa shape index (κ1) is 15.1. The number of hydrogen-bond donors (Lipinski definition) is 1. The highest BCUT2D eigenvalue weighted by Crippen LogP contribution is 2.38. The van der Waals surface area contributed by atoms with E-state index >= 15 is 0 Å². The summed E-state index contributed by atoms with van der Waals surface area (Å²) in [4.78, 5) is 4.96. The van der Waals surface area contributed by atoms with Crippen LogP contribution in [0.1, 0.15) is 25.7 Å². The molecule has 4 heteroatoms. The van der Waals surface area contributed by atoms with E-state index in [9.17, 15) is 5.11 Å². The predicted molar refractivity (Wildman–Crippen MR) is 88.1 cm³/mol. The first-order valence-electron chi connectivity index (χ1n) is 8.05. The number of hydrogen-bond acceptors (Lipinski definition) is 3. The van der Waals surface area contributed by atoms with E-state index in [1.807, 2.05) is 12.1 Å². The molecule has 2 aliphatic rings. The molecule has 1 aliphatic heterocycles. The Morgan fingerprint density at radius 1 is 1.00 bits per heavy atom. The summed E-state index contributed by atoms with van der Waals surface area (Å²) in [6.45, 7) is 5.71. The molecule has 21 heavy (non-hydrogen) atoms. The summed E-state index contributed by atoms with van der Waals surface area (Å²) in [5, 5.41) is 10.5. The molecule has 1 N–H and O–H groups in total. The Bertz CT molecular complexity index is 448. The topological polar surface area (TPSA) is 26.7 Å². The molecule has 1 aromatic rings. The van der Waals surface area contributed by atoms with Gasteiger partial charge >= 0.3 is 0 Å². The van der Waals surface area contributed by atoms with Crippen molar-refractivity contribution in [3.8, 4) is 0 Å². The molecular formula is C17H25ClN2O. The lowest BCUT2D eigenvalue weighted by atomic mass is 9.86. The largest absolute Gasteiger partial charge is 0.396 e. The molecule has 0 bridgehead atoms. The Morgan fingerprint density at radius 3 is 2.19 bits per heavy atom. The van der Waals surface area contributed by atoms with Crippen LogP contribution in [0.5, 0.6) is 0 Å². The third-order valence-corrected chi connectivity index (χ3v) is 5.37. The minimum Gasteiger partial charge on any atom is -0.396 e. The standard InChI is InChI=1S/C17H25ClN2O/c18-15-3-5-16(6-4-15)20-11-9-19(10-12-20)13-17(14-21)7-1-2-8-17/h3-6,21H,1-2,7-14H2. The van der Waals surface area contributed by atoms with Gasteiger partial charge in [-0.25, -0.2) is 0 Å². The van der Waals surface area contributed by atoms with Crippen LogP contribution in [0.15, 0.2) is 24.3 Å². The monoisotopic (exact) mass is 308 g/mol. The van der Waals surface area contributed by atoms with Gasteiger partial charge in [0.05, 0.1) is 0 Å². The molecule has 1 heterocycles. The molecule has 1 aliphatic carbocycles. The van der Waals surface area contributed by atoms with Crippen LogP contribution in [-0.4, -0.2) is 49.3 Å². The summed E-state index contributed by atoms with van der Waals surface area (Å²) in [7, 11) is 0. The summed E-state index contributed by atoms with van der Waals surface area (Å²) in [6.07, 6.45) is 4.96. The summed E-state index contributed by atoms with van der Waals surface area (Å²) >= 11 is 5.95. The maximum atomic E-state index is 9.75. The molecule has 0 radical (unpaired) electrons. The zero-order valence-electron chi connectivity index (χ0n) is 12.6. The molecule has 0 amide bonds. The lowest BCUT2D eigenvalue weighted by Crippen LogP contribution is -2.50. The normalized spacial score (nSPS) is 22.7. The van der Waals surface area contributed by atoms with E-state index in [1.165, 1.54) is 31.4 Å². The van der Waals surface area contributed by atoms with Gasteiger partial charge in [0.15, 0.2) is 0 Å². The average molecular weight is 309 g/mol. The molecule has 3 nitrogen and oxygen atoms in total. The summed E-state index contributed by atoms with van der Waals surface area (Å²) < 4.78 is 0. The number of halogens is 1. The molecule has 1 aromatic carbocycles. The summed E-state index contributed by atoms with van der Waals surface area (Å²) in [5.41, 5.74) is 1.44. The molecule has 116 valence electrons. The fraction of sp³-hybridized carbons (Fsp3) is 0.647. The van der Waals surface area contributed by atoms with Gasteiger partial charge in [0, 0.05) is 55.5 Å². The second-order valence-electron chi connectivity index (χ2n) is 6.60. The average Bonchev–Trinajstić information content (AvgIpc) is 2.98. The second kappa shape index (κ2) is 6.55. The Labute approximate surface area is 132 Å². The minimum absolute atomic E-state index is 0.183. The van der Waals surface area contributed by atoms with Crippen LogP contribution in [0.2, 0.25) is 5.02 Å². The van der Waals surface area contributed by atoms with Gasteiger partial charge in [0.2, 0.25) is 0 Å². The fourth-order valence-corrected chi connectivity index (χ4v) is 3.91. The lowest BCUT2D eigenvalue weighted by Gasteiger charge is -2.40. The van der Waals surface area contributed by atoms with Crippen molar-refractivity contribution in [1.82, 2.24) is 4.90 Å². The summed E-state index contributed by atoms with van der Waals surface area (Å²) in [6, 6.07) is 8.12. The van der Waals surface area contributed by atoms with E-state index in [0.717, 1.165) is 37.7 Å². The van der Waals surface area contributed by atoms with E-state index in [0.29, 0.717) is 6.61 Å². The molecular weight excluding hydrogens is 284 g/mol. The number of aliphatic hydroxyl groups is 1. The molecule has 0 atom stereocenters. The van der Waals surface area contributed by atoms with Gasteiger partial charge in [-0.1, -0.05) is 24.4 Å². The fourth-order valence-electron chi connectivity index (χ4n) is 3.78. The van der Waals surface area contributed by atoms with Crippen molar-refractivity contribution in [2.24, 2.45) is 5.41 Å². The SMILES string of the molecule is OCC1(CN2CCN(c3ccc(Cl)cc3)CC2)CCCC1. The minimum atomic E-state index is 0.183. The van der Waals surface area contributed by atoms with Crippen LogP contribution in [0.4, 0.5) is 5.69 Å². The van der Waals surface area contributed by atoms with Crippen LogP contribution < -0.4 is 4.90 Å². The molecule has 3 rings (SSSR count). The maximum absolute atomic E-state index is 9.75. The second-order valence-corrected chi connectivity index (χ2v) is 7.04. The van der Waals surface area contributed by atoms with Gasteiger partial charge < -0.3 is 10.0 Å². The molecule has 1 saturated carbocycles. The van der Waals surface area contributed by atoms with Gasteiger partial charge in [-0.15, -0.1) is 0 Å². The molecule has 1 saturated heterocycles. The third-order valence-electron chi connectivity index (χ3n) is 5.12. The van der Waals surface area contributed by atoms with E-state index in [4.69, 9.17) is 11.6 Å². The predicted octanol–water partition coefficient (Wildman–Crippen LogP) is 3.01. The first-order chi connectivity index (χ1) is 10.2. The van der Waals surface area contributed by atoms with Crippen LogP contribution >= 0.6 is 11.6 Å². The van der Waals surface area contributed by atoms with Crippen LogP contribution in [0, 0.1) is 5.41 Å². The quantitative estimate of drug-likeness (QED) is 0.926. The highest BCUT2D eigenvalue weighted by molar-refractivity contribution is 6.30. The van der Waals surface area contributed by atoms with Crippen molar-refractivity contribution in [2.45, 2.75) is 25.7 Å². The van der Waals surface area contributed by atoms with E-state index in [1.54, 1.807) is 0 Å². The number of benzene rings is 1. The van der Waals surface area contributed by atoms with Gasteiger partial charge in [0.25, 0.3) is 0 Å². The highest BCUT2D eigenvalue weighted by atomic mass is 35.5. The zero-order chi connectivity index (χ0) is 14.7. The van der Waals surface area contributed by atoms with Crippen molar-refractivity contribution in [2.75, 3.05) is 44.2 Å². The Hall–Kier alpha value is -0.770. The number of nitrogens with zero attached hydrogens (tertiary/aromatic N) is 2. The molecule has 0 aromatic heterocycles. The molecule has 0 spiro atoms. The number of aliphatic hydroxyl groups excluding tert-OH is 1. The molecule has 2 fully saturated rings. The number of piperazine rings is 1. The van der Waals surface area contributed by atoms with Gasteiger partial charge in [0.1, 0.15) is 0 Å². The van der Waals surface area contributed by atoms with Crippen LogP contribution in [0.25, 0.3) is 0 Å². The number of rotatable bonds is 4. The maximum Gasteiger partial charge on any atom is 0.0499 e.